The molecule has 72 valence electrons. The normalized spacial score (nSPS) is 8.21. The lowest BCUT2D eigenvalue weighted by Gasteiger charge is -1.94. The van der Waals surface area contributed by atoms with E-state index in [0.717, 1.165) is 10.9 Å². The van der Waals surface area contributed by atoms with Crippen molar-refractivity contribution >= 4 is 10.9 Å². The molecule has 14 heavy (non-hydrogen) atoms. The minimum Gasteiger partial charge on any atom is -0.237 e. The van der Waals surface area contributed by atoms with Crippen molar-refractivity contribution < 1.29 is 0 Å². The van der Waals surface area contributed by atoms with Crippen molar-refractivity contribution in [1.82, 2.24) is 4.98 Å². The fourth-order valence-corrected chi connectivity index (χ4v) is 1.13. The highest BCUT2D eigenvalue weighted by Gasteiger charge is 1.94. The first-order chi connectivity index (χ1) is 5.90. The van der Waals surface area contributed by atoms with Gasteiger partial charge in [-0.1, -0.05) is 33.1 Å². The quantitative estimate of drug-likeness (QED) is 0.632. The molecule has 1 aromatic carbocycles. The van der Waals surface area contributed by atoms with Crippen LogP contribution in [0.2, 0.25) is 0 Å². The van der Waals surface area contributed by atoms with Gasteiger partial charge in [0.15, 0.2) is 0 Å². The molecule has 2 aromatic rings. The number of para-hydroxylation sites is 1. The van der Waals surface area contributed by atoms with E-state index in [2.05, 4.69) is 4.98 Å². The van der Waals surface area contributed by atoms with Gasteiger partial charge in [0.05, 0.1) is 5.52 Å². The van der Waals surface area contributed by atoms with Crippen LogP contribution >= 0.6 is 0 Å². The van der Waals surface area contributed by atoms with Gasteiger partial charge >= 0.3 is 0 Å². The van der Waals surface area contributed by atoms with Gasteiger partial charge in [-0.05, 0) is 18.2 Å². The van der Waals surface area contributed by atoms with E-state index >= 15 is 0 Å². The number of aromatic nitrogens is 1. The van der Waals surface area contributed by atoms with Crippen LogP contribution in [-0.4, -0.2) is 4.98 Å². The van der Waals surface area contributed by atoms with Crippen LogP contribution in [0.3, 0.4) is 0 Å². The molecular weight excluding hydrogens is 172 g/mol. The van der Waals surface area contributed by atoms with Gasteiger partial charge in [0, 0.05) is 5.39 Å². The minimum atomic E-state index is 0. The Labute approximate surface area is 84.8 Å². The van der Waals surface area contributed by atoms with E-state index < -0.39 is 0 Å². The molecule has 0 radical (unpaired) electrons. The number of pyridine rings is 1. The molecule has 0 bridgehead atoms. The van der Waals surface area contributed by atoms with Crippen molar-refractivity contribution in [2.75, 3.05) is 0 Å². The zero-order valence-corrected chi connectivity index (χ0v) is 6.36. The average molecular weight is 186 g/mol. The van der Waals surface area contributed by atoms with Crippen LogP contribution in [0.25, 0.3) is 10.9 Å². The number of benzene rings is 1. The van der Waals surface area contributed by atoms with E-state index in [-0.39, 0.29) is 14.9 Å². The first-order valence-electron chi connectivity index (χ1n) is 3.66. The van der Waals surface area contributed by atoms with Gasteiger partial charge in [-0.2, -0.15) is 5.26 Å². The molecule has 0 N–H and O–H groups in total. The fraction of sp³-hybridized carbons (Fsp3) is 0.167. The third-order valence-electron chi connectivity index (χ3n) is 1.71. The van der Waals surface area contributed by atoms with Gasteiger partial charge in [-0.3, -0.25) is 0 Å². The van der Waals surface area contributed by atoms with Crippen molar-refractivity contribution in [3.63, 3.8) is 0 Å². The topological polar surface area (TPSA) is 36.7 Å². The van der Waals surface area contributed by atoms with E-state index in [4.69, 9.17) is 5.26 Å². The molecule has 0 saturated carbocycles. The number of nitriles is 1. The minimum absolute atomic E-state index is 0. The predicted octanol–water partition coefficient (Wildman–Crippen LogP) is 3.38. The highest BCUT2D eigenvalue weighted by Crippen LogP contribution is 2.10. The van der Waals surface area contributed by atoms with E-state index in [9.17, 15) is 0 Å². The van der Waals surface area contributed by atoms with Crippen LogP contribution in [-0.2, 0) is 0 Å². The number of fused-ring (bicyclic) bond motifs is 1. The molecule has 0 atom stereocenters. The molecule has 2 heteroatoms. The second kappa shape index (κ2) is 4.98. The zero-order valence-electron chi connectivity index (χ0n) is 6.36. The zero-order chi connectivity index (χ0) is 8.39. The number of hydrogen-bond donors (Lipinski definition) is 0. The Morgan fingerprint density at radius 1 is 1.00 bits per heavy atom. The lowest BCUT2D eigenvalue weighted by molar-refractivity contribution is 1.33. The maximum atomic E-state index is 8.58. The molecule has 0 spiro atoms. The van der Waals surface area contributed by atoms with Crippen molar-refractivity contribution in [1.29, 1.82) is 5.26 Å². The highest BCUT2D eigenvalue weighted by molar-refractivity contribution is 5.78. The summed E-state index contributed by atoms with van der Waals surface area (Å²) < 4.78 is 0. The molecule has 0 aliphatic carbocycles. The summed E-state index contributed by atoms with van der Waals surface area (Å²) >= 11 is 0. The standard InChI is InChI=1S/C10H6N2.2CH4/c11-7-9-6-5-8-3-1-2-4-10(8)12-9;;/h1-6H;2*1H4. The third kappa shape index (κ3) is 2.08. The van der Waals surface area contributed by atoms with Gasteiger partial charge < -0.3 is 0 Å². The monoisotopic (exact) mass is 186 g/mol. The molecule has 0 aliphatic rings. The van der Waals surface area contributed by atoms with Gasteiger partial charge in [0.1, 0.15) is 11.8 Å². The first-order valence-corrected chi connectivity index (χ1v) is 3.66. The summed E-state index contributed by atoms with van der Waals surface area (Å²) in [4.78, 5) is 4.13. The Morgan fingerprint density at radius 2 is 1.71 bits per heavy atom. The second-order valence-electron chi connectivity index (χ2n) is 2.50. The summed E-state index contributed by atoms with van der Waals surface area (Å²) in [6.07, 6.45) is 0. The molecule has 2 rings (SSSR count). The Bertz CT molecular complexity index is 455. The van der Waals surface area contributed by atoms with Crippen LogP contribution in [0.4, 0.5) is 0 Å². The molecule has 1 heterocycles. The Morgan fingerprint density at radius 3 is 2.43 bits per heavy atom. The van der Waals surface area contributed by atoms with Gasteiger partial charge in [0.25, 0.3) is 0 Å². The highest BCUT2D eigenvalue weighted by atomic mass is 14.7. The number of rotatable bonds is 0. The molecule has 0 unspecified atom stereocenters. The van der Waals surface area contributed by atoms with E-state index in [1.807, 2.05) is 36.4 Å². The smallest absolute Gasteiger partial charge is 0.141 e. The number of nitrogens with zero attached hydrogens (tertiary/aromatic N) is 2. The van der Waals surface area contributed by atoms with E-state index in [1.165, 1.54) is 0 Å². The number of hydrogen-bond acceptors (Lipinski definition) is 2. The van der Waals surface area contributed by atoms with E-state index in [0.29, 0.717) is 5.69 Å². The Hall–Kier alpha value is -1.88. The summed E-state index contributed by atoms with van der Waals surface area (Å²) in [5, 5.41) is 9.65. The summed E-state index contributed by atoms with van der Waals surface area (Å²) in [5.41, 5.74) is 1.34. The molecule has 2 nitrogen and oxygen atoms in total. The maximum Gasteiger partial charge on any atom is 0.141 e. The Balaban J connectivity index is 0.000000845. The third-order valence-corrected chi connectivity index (χ3v) is 1.71. The van der Waals surface area contributed by atoms with Gasteiger partial charge in [-0.25, -0.2) is 4.98 Å². The fourth-order valence-electron chi connectivity index (χ4n) is 1.13. The lowest BCUT2D eigenvalue weighted by Crippen LogP contribution is -1.82. The maximum absolute atomic E-state index is 8.58. The Kier molecular flexibility index (Phi) is 4.31. The van der Waals surface area contributed by atoms with Crippen molar-refractivity contribution in [2.45, 2.75) is 14.9 Å². The summed E-state index contributed by atoms with van der Waals surface area (Å²) in [6, 6.07) is 13.4. The molecule has 0 fully saturated rings. The predicted molar refractivity (Wildman–Crippen MR) is 59.9 cm³/mol. The summed E-state index contributed by atoms with van der Waals surface area (Å²) in [5.74, 6) is 0. The van der Waals surface area contributed by atoms with Crippen LogP contribution in [0.5, 0.6) is 0 Å². The van der Waals surface area contributed by atoms with Crippen molar-refractivity contribution in [3.05, 3.63) is 42.1 Å². The van der Waals surface area contributed by atoms with Crippen LogP contribution in [0.15, 0.2) is 36.4 Å². The molecule has 0 aliphatic heterocycles. The largest absolute Gasteiger partial charge is 0.237 e. The second-order valence-corrected chi connectivity index (χ2v) is 2.50. The SMILES string of the molecule is C.C.N#Cc1ccc2ccccc2n1. The van der Waals surface area contributed by atoms with Gasteiger partial charge in [-0.15, -0.1) is 0 Å². The average Bonchev–Trinajstić information content (AvgIpc) is 2.17. The molecule has 1 aromatic heterocycles. The van der Waals surface area contributed by atoms with E-state index in [1.54, 1.807) is 6.07 Å². The van der Waals surface area contributed by atoms with Crippen molar-refractivity contribution in [2.24, 2.45) is 0 Å². The summed E-state index contributed by atoms with van der Waals surface area (Å²) in [7, 11) is 0. The summed E-state index contributed by atoms with van der Waals surface area (Å²) in [6.45, 7) is 0. The molecular formula is C12H14N2. The molecule has 0 amide bonds. The van der Waals surface area contributed by atoms with Gasteiger partial charge in [0.2, 0.25) is 0 Å². The lowest BCUT2D eigenvalue weighted by atomic mass is 10.2. The van der Waals surface area contributed by atoms with Crippen LogP contribution in [0, 0.1) is 11.3 Å². The van der Waals surface area contributed by atoms with Crippen molar-refractivity contribution in [3.8, 4) is 6.07 Å². The van der Waals surface area contributed by atoms with Crippen LogP contribution < -0.4 is 0 Å². The van der Waals surface area contributed by atoms with Crippen LogP contribution in [0.1, 0.15) is 20.5 Å². The first kappa shape index (κ1) is 12.1. The molecule has 0 saturated heterocycles.